The first-order valence-electron chi connectivity index (χ1n) is 9.60. The molecule has 2 aliphatic heterocycles. The Bertz CT molecular complexity index is 1200. The molecule has 30 heavy (non-hydrogen) atoms. The van der Waals surface area contributed by atoms with E-state index in [1.807, 2.05) is 35.9 Å². The zero-order valence-corrected chi connectivity index (χ0v) is 17.9. The Kier molecular flexibility index (Phi) is 4.58. The molecule has 0 saturated heterocycles. The zero-order chi connectivity index (χ0) is 20.8. The minimum absolute atomic E-state index is 0.0801. The highest BCUT2D eigenvalue weighted by molar-refractivity contribution is 9.10. The molecule has 0 radical (unpaired) electrons. The maximum absolute atomic E-state index is 11.4. The highest BCUT2D eigenvalue weighted by Crippen LogP contribution is 2.37. The van der Waals surface area contributed by atoms with E-state index in [9.17, 15) is 10.1 Å². The minimum Gasteiger partial charge on any atom is -0.454 e. The third kappa shape index (κ3) is 3.27. The van der Waals surface area contributed by atoms with Crippen LogP contribution in [-0.4, -0.2) is 33.1 Å². The van der Waals surface area contributed by atoms with Gasteiger partial charge in [-0.3, -0.25) is 10.1 Å². The second-order valence-electron chi connectivity index (χ2n) is 7.46. The van der Waals surface area contributed by atoms with Gasteiger partial charge in [0.15, 0.2) is 18.0 Å². The molecule has 0 aliphatic carbocycles. The molecule has 0 atom stereocenters. The second-order valence-corrected chi connectivity index (χ2v) is 8.38. The van der Waals surface area contributed by atoms with Gasteiger partial charge >= 0.3 is 0 Å². The first-order chi connectivity index (χ1) is 14.5. The van der Waals surface area contributed by atoms with Crippen LogP contribution < -0.4 is 9.47 Å². The maximum Gasteiger partial charge on any atom is 0.287 e. The predicted molar refractivity (Wildman–Crippen MR) is 115 cm³/mol. The van der Waals surface area contributed by atoms with Crippen LogP contribution in [0.1, 0.15) is 22.4 Å². The number of hydrogen-bond acceptors (Lipinski definition) is 4. The van der Waals surface area contributed by atoms with E-state index in [4.69, 9.17) is 9.47 Å². The molecule has 0 amide bonds. The number of nitro groups is 1. The smallest absolute Gasteiger partial charge is 0.287 e. The second kappa shape index (κ2) is 7.28. The van der Waals surface area contributed by atoms with Crippen LogP contribution >= 0.6 is 15.9 Å². The summed E-state index contributed by atoms with van der Waals surface area (Å²) in [7, 11) is 1.84. The molecule has 8 heteroatoms. The minimum atomic E-state index is -0.355. The number of ether oxygens (including phenoxy) is 2. The number of nitrogens with zero attached hydrogens (tertiary/aromatic N) is 3. The first kappa shape index (κ1) is 18.9. The molecule has 0 N–H and O–H groups in total. The fraction of sp³-hybridized carbons (Fsp3) is 0.227. The van der Waals surface area contributed by atoms with Crippen LogP contribution in [0.5, 0.6) is 11.5 Å². The first-order valence-corrected chi connectivity index (χ1v) is 10.4. The molecule has 7 nitrogen and oxygen atoms in total. The van der Waals surface area contributed by atoms with Crippen LogP contribution in [0.4, 0.5) is 5.69 Å². The molecular weight excluding hydrogens is 450 g/mol. The van der Waals surface area contributed by atoms with Crippen LogP contribution in [0, 0.1) is 10.1 Å². The van der Waals surface area contributed by atoms with Gasteiger partial charge in [-0.2, -0.15) is 0 Å². The average molecular weight is 469 g/mol. The number of hydrogen-bond donors (Lipinski definition) is 0. The van der Waals surface area contributed by atoms with Crippen molar-refractivity contribution in [1.29, 1.82) is 0 Å². The summed E-state index contributed by atoms with van der Waals surface area (Å²) in [6.45, 7) is 1.72. The highest BCUT2D eigenvalue weighted by atomic mass is 79.9. The summed E-state index contributed by atoms with van der Waals surface area (Å²) in [5.41, 5.74) is 5.20. The lowest BCUT2D eigenvalue weighted by atomic mass is 9.93. The van der Waals surface area contributed by atoms with E-state index in [1.165, 1.54) is 5.56 Å². The van der Waals surface area contributed by atoms with Gasteiger partial charge in [0.05, 0.1) is 16.7 Å². The van der Waals surface area contributed by atoms with Gasteiger partial charge < -0.3 is 14.0 Å². The third-order valence-electron chi connectivity index (χ3n) is 5.55. The molecule has 3 aromatic rings. The Morgan fingerprint density at radius 2 is 1.90 bits per heavy atom. The van der Waals surface area contributed by atoms with Gasteiger partial charge in [0, 0.05) is 29.6 Å². The van der Waals surface area contributed by atoms with Crippen molar-refractivity contribution in [1.82, 2.24) is 4.57 Å². The number of aryl methyl sites for hydroxylation is 1. The topological polar surface area (TPSA) is 69.5 Å². The Hall–Kier alpha value is -3.13. The molecule has 0 bridgehead atoms. The largest absolute Gasteiger partial charge is 0.454 e. The van der Waals surface area contributed by atoms with E-state index in [0.717, 1.165) is 45.7 Å². The average Bonchev–Trinajstić information content (AvgIpc) is 3.34. The number of aromatic nitrogens is 1. The van der Waals surface area contributed by atoms with Gasteiger partial charge in [-0.1, -0.05) is 28.1 Å². The Balaban J connectivity index is 1.69. The molecular formula is C22H19BrN3O4+. The summed E-state index contributed by atoms with van der Waals surface area (Å²) >= 11 is 3.48. The summed E-state index contributed by atoms with van der Waals surface area (Å²) < 4.78 is 16.3. The summed E-state index contributed by atoms with van der Waals surface area (Å²) in [6, 6.07) is 13.9. The van der Waals surface area contributed by atoms with Gasteiger partial charge in [-0.15, -0.1) is 0 Å². The fourth-order valence-electron chi connectivity index (χ4n) is 4.10. The third-order valence-corrected chi connectivity index (χ3v) is 6.08. The van der Waals surface area contributed by atoms with E-state index in [1.54, 1.807) is 12.3 Å². The van der Waals surface area contributed by atoms with Crippen molar-refractivity contribution in [2.45, 2.75) is 13.0 Å². The number of benzene rings is 2. The molecule has 0 unspecified atom stereocenters. The van der Waals surface area contributed by atoms with Crippen LogP contribution in [0.3, 0.4) is 0 Å². The van der Waals surface area contributed by atoms with Crippen molar-refractivity contribution in [2.24, 2.45) is 7.05 Å². The maximum atomic E-state index is 11.4. The van der Waals surface area contributed by atoms with E-state index in [2.05, 4.69) is 32.6 Å². The Labute approximate surface area is 181 Å². The zero-order valence-electron chi connectivity index (χ0n) is 16.3. The summed E-state index contributed by atoms with van der Waals surface area (Å²) in [6.07, 6.45) is 2.42. The number of rotatable bonds is 4. The lowest BCUT2D eigenvalue weighted by Crippen LogP contribution is -2.31. The quantitative estimate of drug-likeness (QED) is 0.329. The van der Waals surface area contributed by atoms with E-state index in [-0.39, 0.29) is 17.4 Å². The standard InChI is InChI=1S/C22H19BrN3O4/c1-24-12-17(26(27)28)9-19(24)22-18-10-21-20(29-13-30-21)8-15(18)6-7-25(22)11-14-2-4-16(23)5-3-14/h2-5,8-10,12H,6-7,11,13H2,1H3/q+1. The van der Waals surface area contributed by atoms with Crippen molar-refractivity contribution in [2.75, 3.05) is 13.3 Å². The Morgan fingerprint density at radius 1 is 1.17 bits per heavy atom. The van der Waals surface area contributed by atoms with Crippen LogP contribution in [-0.2, 0) is 20.0 Å². The van der Waals surface area contributed by atoms with Crippen molar-refractivity contribution >= 4 is 27.3 Å². The molecule has 2 aromatic carbocycles. The fourth-order valence-corrected chi connectivity index (χ4v) is 4.36. The molecule has 5 rings (SSSR count). The van der Waals surface area contributed by atoms with Crippen LogP contribution in [0.25, 0.3) is 0 Å². The van der Waals surface area contributed by atoms with Crippen molar-refractivity contribution < 1.29 is 19.0 Å². The van der Waals surface area contributed by atoms with Gasteiger partial charge in [0.2, 0.25) is 12.5 Å². The molecule has 0 saturated carbocycles. The van der Waals surface area contributed by atoms with Gasteiger partial charge in [-0.25, -0.2) is 4.58 Å². The van der Waals surface area contributed by atoms with Gasteiger partial charge in [0.25, 0.3) is 5.69 Å². The molecule has 152 valence electrons. The SMILES string of the molecule is Cn1cc([N+](=O)[O-])cc1C1=[N+](Cc2ccc(Br)cc2)CCc2cc3c(cc21)OCO3. The molecule has 0 fully saturated rings. The lowest BCUT2D eigenvalue weighted by molar-refractivity contribution is -0.544. The van der Waals surface area contributed by atoms with E-state index in [0.29, 0.717) is 12.3 Å². The normalized spacial score (nSPS) is 14.7. The van der Waals surface area contributed by atoms with Crippen LogP contribution in [0.15, 0.2) is 53.1 Å². The summed E-state index contributed by atoms with van der Waals surface area (Å²) in [4.78, 5) is 11.0. The molecule has 1 aromatic heterocycles. The summed E-state index contributed by atoms with van der Waals surface area (Å²) in [5.74, 6) is 1.47. The van der Waals surface area contributed by atoms with Gasteiger partial charge in [-0.05, 0) is 29.8 Å². The monoisotopic (exact) mass is 468 g/mol. The number of halogens is 1. The van der Waals surface area contributed by atoms with E-state index >= 15 is 0 Å². The van der Waals surface area contributed by atoms with E-state index < -0.39 is 0 Å². The van der Waals surface area contributed by atoms with Crippen LogP contribution in [0.2, 0.25) is 0 Å². The van der Waals surface area contributed by atoms with Gasteiger partial charge in [0.1, 0.15) is 12.2 Å². The molecule has 0 spiro atoms. The van der Waals surface area contributed by atoms with Crippen molar-refractivity contribution in [3.63, 3.8) is 0 Å². The molecule has 2 aliphatic rings. The van der Waals surface area contributed by atoms with Crippen molar-refractivity contribution in [3.05, 3.63) is 85.6 Å². The lowest BCUT2D eigenvalue weighted by Gasteiger charge is -2.19. The van der Waals surface area contributed by atoms with Crippen molar-refractivity contribution in [3.8, 4) is 11.5 Å². The number of fused-ring (bicyclic) bond motifs is 2. The highest BCUT2D eigenvalue weighted by Gasteiger charge is 2.33. The Morgan fingerprint density at radius 3 is 2.60 bits per heavy atom. The predicted octanol–water partition coefficient (Wildman–Crippen LogP) is 4.03. The molecule has 3 heterocycles. The summed E-state index contributed by atoms with van der Waals surface area (Å²) in [5, 5.41) is 11.4.